The van der Waals surface area contributed by atoms with Gasteiger partial charge in [-0.3, -0.25) is 4.98 Å². The fraction of sp³-hybridized carbons (Fsp3) is 0.280. The highest BCUT2D eigenvalue weighted by molar-refractivity contribution is 7.90. The first-order valence-electron chi connectivity index (χ1n) is 10.9. The van der Waals surface area contributed by atoms with Crippen LogP contribution < -0.4 is 4.72 Å². The number of aliphatic hydroxyl groups excluding tert-OH is 1. The number of amidine groups is 1. The Morgan fingerprint density at radius 1 is 1.12 bits per heavy atom. The number of benzene rings is 2. The normalized spacial score (nSPS) is 20.8. The van der Waals surface area contributed by atoms with Gasteiger partial charge in [0.15, 0.2) is 0 Å². The number of nitrogens with zero attached hydrogens (tertiary/aromatic N) is 2. The fourth-order valence-electron chi connectivity index (χ4n) is 4.17. The summed E-state index contributed by atoms with van der Waals surface area (Å²) in [5, 5.41) is 8.43. The minimum absolute atomic E-state index is 0.106. The molecule has 0 amide bonds. The second-order valence-electron chi connectivity index (χ2n) is 8.55. The van der Waals surface area contributed by atoms with Crippen molar-refractivity contribution < 1.29 is 22.7 Å². The molecule has 34 heavy (non-hydrogen) atoms. The molecular weight excluding hydrogens is 457 g/mol. The Kier molecular flexibility index (Phi) is 6.67. The number of rotatable bonds is 6. The van der Waals surface area contributed by atoms with Crippen LogP contribution in [-0.2, 0) is 14.8 Å². The number of hydrogen-bond acceptors (Lipinski definition) is 6. The Morgan fingerprint density at radius 2 is 1.82 bits per heavy atom. The molecule has 1 fully saturated rings. The number of aliphatic imine (C=N–C) groups is 1. The maximum Gasteiger partial charge on any atom is 0.299 e. The molecule has 2 aromatic carbocycles. The molecule has 3 aromatic rings. The van der Waals surface area contributed by atoms with Crippen molar-refractivity contribution in [2.24, 2.45) is 4.99 Å². The monoisotopic (exact) mass is 483 g/mol. The summed E-state index contributed by atoms with van der Waals surface area (Å²) in [6, 6.07) is 17.7. The molecule has 0 aliphatic carbocycles. The van der Waals surface area contributed by atoms with Gasteiger partial charge in [-0.15, -0.1) is 0 Å². The van der Waals surface area contributed by atoms with Gasteiger partial charge >= 0.3 is 0 Å². The van der Waals surface area contributed by atoms with Gasteiger partial charge in [0.05, 0.1) is 11.7 Å². The molecule has 2 N–H and O–H groups in total. The quantitative estimate of drug-likeness (QED) is 0.549. The molecular formula is C25H26FN3O4S. The lowest BCUT2D eigenvalue weighted by Gasteiger charge is -2.39. The Hall–Kier alpha value is -3.30. The summed E-state index contributed by atoms with van der Waals surface area (Å²) in [4.78, 5) is 8.64. The number of pyridine rings is 1. The molecule has 2 atom stereocenters. The van der Waals surface area contributed by atoms with Crippen LogP contribution in [0.2, 0.25) is 0 Å². The second-order valence-corrected chi connectivity index (χ2v) is 10.3. The van der Waals surface area contributed by atoms with E-state index in [1.165, 1.54) is 6.07 Å². The summed E-state index contributed by atoms with van der Waals surface area (Å²) in [6.45, 7) is 3.09. The lowest BCUT2D eigenvalue weighted by atomic mass is 9.96. The molecule has 7 nitrogen and oxygen atoms in total. The largest absolute Gasteiger partial charge is 0.457 e. The number of hydrogen-bond donors (Lipinski definition) is 2. The molecule has 9 heteroatoms. The topological polar surface area (TPSA) is 101 Å². The van der Waals surface area contributed by atoms with E-state index in [2.05, 4.69) is 14.7 Å². The maximum absolute atomic E-state index is 14.3. The van der Waals surface area contributed by atoms with Crippen LogP contribution in [0.5, 0.6) is 0 Å². The highest BCUT2D eigenvalue weighted by Gasteiger charge is 2.48. The standard InChI is InChI=1S/C25H26FN3O4S/c1-25(2)23(18-12-10-17(11-13-18)21-9-5-6-15-27-21)34(31,32)29-24(33-25)28-22(14-16-30)19-7-3-4-8-20(19)26/h3-13,15,22-23,30H,14,16H2,1-2H3,(H,28,29)/t22-,23?/m0/s1. The van der Waals surface area contributed by atoms with Gasteiger partial charge in [-0.1, -0.05) is 48.5 Å². The highest BCUT2D eigenvalue weighted by Crippen LogP contribution is 2.39. The number of sulfonamides is 1. The number of aromatic nitrogens is 1. The maximum atomic E-state index is 14.3. The van der Waals surface area contributed by atoms with Crippen molar-refractivity contribution in [2.45, 2.75) is 37.2 Å². The van der Waals surface area contributed by atoms with Crippen LogP contribution >= 0.6 is 0 Å². The highest BCUT2D eigenvalue weighted by atomic mass is 32.2. The second kappa shape index (κ2) is 9.52. The van der Waals surface area contributed by atoms with Gasteiger partial charge in [0, 0.05) is 23.9 Å². The van der Waals surface area contributed by atoms with E-state index < -0.39 is 32.7 Å². The average molecular weight is 484 g/mol. The van der Waals surface area contributed by atoms with E-state index in [0.717, 1.165) is 11.3 Å². The third-order valence-electron chi connectivity index (χ3n) is 5.64. The summed E-state index contributed by atoms with van der Waals surface area (Å²) in [5.41, 5.74) is 1.28. The Balaban J connectivity index is 1.64. The zero-order valence-electron chi connectivity index (χ0n) is 18.8. The zero-order chi connectivity index (χ0) is 24.3. The van der Waals surface area contributed by atoms with E-state index in [1.54, 1.807) is 50.4 Å². The van der Waals surface area contributed by atoms with Crippen molar-refractivity contribution in [3.63, 3.8) is 0 Å². The Bertz CT molecular complexity index is 1280. The Labute approximate surface area is 198 Å². The van der Waals surface area contributed by atoms with E-state index in [0.29, 0.717) is 5.56 Å². The van der Waals surface area contributed by atoms with Gasteiger partial charge in [-0.05, 0) is 44.0 Å². The molecule has 0 spiro atoms. The van der Waals surface area contributed by atoms with Crippen LogP contribution in [0.15, 0.2) is 77.9 Å². The number of ether oxygens (including phenoxy) is 1. The predicted octanol–water partition coefficient (Wildman–Crippen LogP) is 4.14. The van der Waals surface area contributed by atoms with Gasteiger partial charge in [0.1, 0.15) is 16.7 Å². The lowest BCUT2D eigenvalue weighted by molar-refractivity contribution is 0.0758. The molecule has 1 unspecified atom stereocenters. The lowest BCUT2D eigenvalue weighted by Crippen LogP contribution is -2.53. The van der Waals surface area contributed by atoms with Crippen molar-refractivity contribution in [2.75, 3.05) is 6.61 Å². The molecule has 1 aliphatic rings. The summed E-state index contributed by atoms with van der Waals surface area (Å²) >= 11 is 0. The van der Waals surface area contributed by atoms with Crippen molar-refractivity contribution in [3.8, 4) is 11.3 Å². The van der Waals surface area contributed by atoms with Crippen molar-refractivity contribution in [1.82, 2.24) is 9.71 Å². The third-order valence-corrected chi connectivity index (χ3v) is 7.56. The summed E-state index contributed by atoms with van der Waals surface area (Å²) in [7, 11) is -3.94. The van der Waals surface area contributed by atoms with Crippen molar-refractivity contribution >= 4 is 16.0 Å². The van der Waals surface area contributed by atoms with Crippen molar-refractivity contribution in [3.05, 3.63) is 89.9 Å². The molecule has 0 saturated carbocycles. The molecule has 178 valence electrons. The third kappa shape index (κ3) is 4.95. The predicted molar refractivity (Wildman–Crippen MR) is 128 cm³/mol. The average Bonchev–Trinajstić information content (AvgIpc) is 2.79. The van der Waals surface area contributed by atoms with Crippen molar-refractivity contribution in [1.29, 1.82) is 0 Å². The smallest absolute Gasteiger partial charge is 0.299 e. The van der Waals surface area contributed by atoms with Gasteiger partial charge in [-0.2, -0.15) is 0 Å². The summed E-state index contributed by atoms with van der Waals surface area (Å²) in [5.74, 6) is -0.492. The zero-order valence-corrected chi connectivity index (χ0v) is 19.7. The van der Waals surface area contributed by atoms with E-state index in [-0.39, 0.29) is 24.6 Å². The van der Waals surface area contributed by atoms with Crippen LogP contribution in [-0.4, -0.2) is 36.7 Å². The van der Waals surface area contributed by atoms with Gasteiger partial charge in [0.25, 0.3) is 6.02 Å². The molecule has 4 rings (SSSR count). The van der Waals surface area contributed by atoms with E-state index in [4.69, 9.17) is 4.74 Å². The molecule has 1 aliphatic heterocycles. The Morgan fingerprint density at radius 3 is 2.44 bits per heavy atom. The first-order valence-corrected chi connectivity index (χ1v) is 12.4. The number of halogens is 1. The fourth-order valence-corrected chi connectivity index (χ4v) is 5.94. The first-order chi connectivity index (χ1) is 16.2. The molecule has 0 radical (unpaired) electrons. The minimum atomic E-state index is -3.94. The van der Waals surface area contributed by atoms with Crippen LogP contribution in [0.3, 0.4) is 0 Å². The number of nitrogens with one attached hydrogen (secondary N) is 1. The van der Waals surface area contributed by atoms with E-state index >= 15 is 0 Å². The molecule has 1 saturated heterocycles. The van der Waals surface area contributed by atoms with Crippen LogP contribution in [0, 0.1) is 5.82 Å². The van der Waals surface area contributed by atoms with Gasteiger partial charge in [0.2, 0.25) is 10.0 Å². The molecule has 2 heterocycles. The van der Waals surface area contributed by atoms with Crippen LogP contribution in [0.1, 0.15) is 42.7 Å². The van der Waals surface area contributed by atoms with Crippen LogP contribution in [0.4, 0.5) is 4.39 Å². The van der Waals surface area contributed by atoms with E-state index in [9.17, 15) is 17.9 Å². The van der Waals surface area contributed by atoms with Gasteiger partial charge < -0.3 is 9.84 Å². The van der Waals surface area contributed by atoms with Gasteiger partial charge in [-0.25, -0.2) is 22.5 Å². The summed E-state index contributed by atoms with van der Waals surface area (Å²) in [6.07, 6.45) is 1.80. The first kappa shape index (κ1) is 23.8. The van der Waals surface area contributed by atoms with Crippen LogP contribution in [0.25, 0.3) is 11.3 Å². The molecule has 1 aromatic heterocycles. The molecule has 0 bridgehead atoms. The minimum Gasteiger partial charge on any atom is -0.457 e. The summed E-state index contributed by atoms with van der Waals surface area (Å²) < 4.78 is 49.3. The number of aliphatic hydroxyl groups is 1. The SMILES string of the molecule is CC1(C)OC(=N[C@@H](CCO)c2ccccc2F)NS(=O)(=O)C1c1ccc(-c2ccccn2)cc1. The van der Waals surface area contributed by atoms with E-state index in [1.807, 2.05) is 30.3 Å².